The number of aryl methyl sites for hydroxylation is 2. The quantitative estimate of drug-likeness (QED) is 0.494. The van der Waals surface area contributed by atoms with Gasteiger partial charge in [0, 0.05) is 4.86 Å². The molecule has 0 spiro atoms. The Hall–Kier alpha value is -0.690. The first kappa shape index (κ1) is 9.40. The van der Waals surface area contributed by atoms with Gasteiger partial charge in [0.25, 0.3) is 0 Å². The van der Waals surface area contributed by atoms with Crippen LogP contribution >= 0.6 is 12.2 Å². The number of thiocarbonyl (C=S) groups is 1. The molecule has 64 valence electrons. The molecule has 0 aromatic heterocycles. The Balaban J connectivity index is 3.29. The smallest absolute Gasteiger partial charge is 0.0198 e. The molecule has 0 nitrogen and oxygen atoms in total. The van der Waals surface area contributed by atoms with Crippen LogP contribution in [-0.2, 0) is 6.42 Å². The highest BCUT2D eigenvalue weighted by atomic mass is 32.1. The average molecular weight is 178 g/mol. The van der Waals surface area contributed by atoms with Crippen molar-refractivity contribution in [1.82, 2.24) is 0 Å². The SMILES string of the molecule is CCc1cccc(C)c1C(C)=S. The molecule has 0 radical (unpaired) electrons. The molecule has 1 heteroatoms. The summed E-state index contributed by atoms with van der Waals surface area (Å²) in [6.45, 7) is 6.28. The van der Waals surface area contributed by atoms with Gasteiger partial charge >= 0.3 is 0 Å². The van der Waals surface area contributed by atoms with E-state index in [4.69, 9.17) is 12.2 Å². The van der Waals surface area contributed by atoms with E-state index in [2.05, 4.69) is 32.0 Å². The van der Waals surface area contributed by atoms with E-state index >= 15 is 0 Å². The average Bonchev–Trinajstić information content (AvgIpc) is 2.03. The Morgan fingerprint density at radius 2 is 2.08 bits per heavy atom. The summed E-state index contributed by atoms with van der Waals surface area (Å²) in [4.78, 5) is 1.00. The molecule has 0 N–H and O–H groups in total. The van der Waals surface area contributed by atoms with Gasteiger partial charge in [-0.15, -0.1) is 0 Å². The molecule has 0 fully saturated rings. The van der Waals surface area contributed by atoms with Crippen LogP contribution in [-0.4, -0.2) is 4.86 Å². The lowest BCUT2D eigenvalue weighted by Crippen LogP contribution is -2.00. The first-order chi connectivity index (χ1) is 5.66. The topological polar surface area (TPSA) is 0 Å². The number of rotatable bonds is 2. The molecule has 12 heavy (non-hydrogen) atoms. The Morgan fingerprint density at radius 3 is 2.50 bits per heavy atom. The Labute approximate surface area is 79.6 Å². The molecule has 0 aliphatic carbocycles. The number of hydrogen-bond donors (Lipinski definition) is 0. The minimum Gasteiger partial charge on any atom is -0.0846 e. The largest absolute Gasteiger partial charge is 0.0846 e. The maximum atomic E-state index is 5.20. The fourth-order valence-electron chi connectivity index (χ4n) is 1.53. The van der Waals surface area contributed by atoms with Gasteiger partial charge in [0.05, 0.1) is 0 Å². The summed E-state index contributed by atoms with van der Waals surface area (Å²) >= 11 is 5.20. The fourth-order valence-corrected chi connectivity index (χ4v) is 1.82. The van der Waals surface area contributed by atoms with Gasteiger partial charge in [0.1, 0.15) is 0 Å². The normalized spacial score (nSPS) is 9.92. The lowest BCUT2D eigenvalue weighted by atomic mass is 9.98. The molecule has 0 bridgehead atoms. The molecular weight excluding hydrogens is 164 g/mol. The summed E-state index contributed by atoms with van der Waals surface area (Å²) in [5.74, 6) is 0. The molecule has 1 rings (SSSR count). The Kier molecular flexibility index (Phi) is 2.99. The minimum atomic E-state index is 1.00. The number of hydrogen-bond acceptors (Lipinski definition) is 1. The van der Waals surface area contributed by atoms with Gasteiger partial charge in [-0.3, -0.25) is 0 Å². The molecule has 0 saturated heterocycles. The molecular formula is C11H14S. The van der Waals surface area contributed by atoms with E-state index in [0.29, 0.717) is 0 Å². The van der Waals surface area contributed by atoms with Crippen LogP contribution in [0, 0.1) is 6.92 Å². The third kappa shape index (κ3) is 1.72. The van der Waals surface area contributed by atoms with Crippen LogP contribution in [0.15, 0.2) is 18.2 Å². The molecule has 0 unspecified atom stereocenters. The van der Waals surface area contributed by atoms with E-state index < -0.39 is 0 Å². The Morgan fingerprint density at radius 1 is 1.42 bits per heavy atom. The van der Waals surface area contributed by atoms with E-state index in [9.17, 15) is 0 Å². The molecule has 1 aromatic rings. The van der Waals surface area contributed by atoms with E-state index in [1.165, 1.54) is 16.7 Å². The van der Waals surface area contributed by atoms with Crippen molar-refractivity contribution in [2.24, 2.45) is 0 Å². The highest BCUT2D eigenvalue weighted by Gasteiger charge is 2.04. The lowest BCUT2D eigenvalue weighted by Gasteiger charge is -2.08. The second-order valence-electron chi connectivity index (χ2n) is 3.02. The third-order valence-corrected chi connectivity index (χ3v) is 2.30. The summed E-state index contributed by atoms with van der Waals surface area (Å²) in [7, 11) is 0. The summed E-state index contributed by atoms with van der Waals surface area (Å²) in [5.41, 5.74) is 3.93. The van der Waals surface area contributed by atoms with Crippen molar-refractivity contribution in [3.05, 3.63) is 34.9 Å². The number of benzene rings is 1. The highest BCUT2D eigenvalue weighted by Crippen LogP contribution is 2.15. The molecule has 0 heterocycles. The summed E-state index contributed by atoms with van der Waals surface area (Å²) in [6.07, 6.45) is 1.06. The van der Waals surface area contributed by atoms with Crippen LogP contribution in [0.4, 0.5) is 0 Å². The summed E-state index contributed by atoms with van der Waals surface area (Å²) in [6, 6.07) is 6.36. The van der Waals surface area contributed by atoms with Crippen LogP contribution < -0.4 is 0 Å². The first-order valence-electron chi connectivity index (χ1n) is 4.26. The second kappa shape index (κ2) is 3.81. The minimum absolute atomic E-state index is 1.00. The molecule has 0 aliphatic rings. The van der Waals surface area contributed by atoms with Gasteiger partial charge in [-0.25, -0.2) is 0 Å². The van der Waals surface area contributed by atoms with Crippen LogP contribution in [0.5, 0.6) is 0 Å². The van der Waals surface area contributed by atoms with Crippen molar-refractivity contribution in [2.45, 2.75) is 27.2 Å². The van der Waals surface area contributed by atoms with E-state index in [-0.39, 0.29) is 0 Å². The van der Waals surface area contributed by atoms with Crippen LogP contribution in [0.1, 0.15) is 30.5 Å². The zero-order valence-corrected chi connectivity index (χ0v) is 8.66. The molecule has 0 atom stereocenters. The maximum absolute atomic E-state index is 5.20. The van der Waals surface area contributed by atoms with E-state index in [0.717, 1.165) is 11.3 Å². The van der Waals surface area contributed by atoms with Gasteiger partial charge in [-0.1, -0.05) is 37.3 Å². The zero-order valence-electron chi connectivity index (χ0n) is 7.85. The second-order valence-corrected chi connectivity index (χ2v) is 3.63. The van der Waals surface area contributed by atoms with Gasteiger partial charge in [0.2, 0.25) is 0 Å². The first-order valence-corrected chi connectivity index (χ1v) is 4.67. The predicted octanol–water partition coefficient (Wildman–Crippen LogP) is 3.30. The van der Waals surface area contributed by atoms with Crippen molar-refractivity contribution in [1.29, 1.82) is 0 Å². The van der Waals surface area contributed by atoms with Gasteiger partial charge in [-0.2, -0.15) is 0 Å². The monoisotopic (exact) mass is 178 g/mol. The van der Waals surface area contributed by atoms with E-state index in [1.54, 1.807) is 0 Å². The lowest BCUT2D eigenvalue weighted by molar-refractivity contribution is 1.12. The third-order valence-electron chi connectivity index (χ3n) is 2.09. The van der Waals surface area contributed by atoms with Crippen LogP contribution in [0.2, 0.25) is 0 Å². The van der Waals surface area contributed by atoms with E-state index in [1.807, 2.05) is 6.92 Å². The zero-order chi connectivity index (χ0) is 9.14. The van der Waals surface area contributed by atoms with Gasteiger partial charge in [0.15, 0.2) is 0 Å². The summed E-state index contributed by atoms with van der Waals surface area (Å²) < 4.78 is 0. The fraction of sp³-hybridized carbons (Fsp3) is 0.364. The Bertz CT molecular complexity index is 300. The molecule has 0 aliphatic heterocycles. The van der Waals surface area contributed by atoms with Crippen molar-refractivity contribution in [3.8, 4) is 0 Å². The van der Waals surface area contributed by atoms with Crippen LogP contribution in [0.3, 0.4) is 0 Å². The molecule has 0 amide bonds. The van der Waals surface area contributed by atoms with Gasteiger partial charge in [-0.05, 0) is 37.0 Å². The van der Waals surface area contributed by atoms with Crippen molar-refractivity contribution < 1.29 is 0 Å². The van der Waals surface area contributed by atoms with Crippen molar-refractivity contribution in [2.75, 3.05) is 0 Å². The predicted molar refractivity (Wildman–Crippen MR) is 57.9 cm³/mol. The van der Waals surface area contributed by atoms with Crippen molar-refractivity contribution in [3.63, 3.8) is 0 Å². The standard InChI is InChI=1S/C11H14S/c1-4-10-7-5-6-8(2)11(10)9(3)12/h5-7H,4H2,1-3H3. The van der Waals surface area contributed by atoms with Gasteiger partial charge < -0.3 is 0 Å². The van der Waals surface area contributed by atoms with Crippen LogP contribution in [0.25, 0.3) is 0 Å². The molecule has 0 saturated carbocycles. The highest BCUT2D eigenvalue weighted by molar-refractivity contribution is 7.80. The maximum Gasteiger partial charge on any atom is 0.0198 e. The molecule has 1 aromatic carbocycles. The van der Waals surface area contributed by atoms with Crippen molar-refractivity contribution >= 4 is 17.1 Å². The summed E-state index contributed by atoms with van der Waals surface area (Å²) in [5, 5.41) is 0.